The number of anilines is 1. The van der Waals surface area contributed by atoms with Crippen LogP contribution in [0.3, 0.4) is 0 Å². The van der Waals surface area contributed by atoms with Gasteiger partial charge in [0.15, 0.2) is 0 Å². The van der Waals surface area contributed by atoms with E-state index in [1.165, 1.54) is 11.2 Å². The summed E-state index contributed by atoms with van der Waals surface area (Å²) >= 11 is 1.82. The zero-order valence-corrected chi connectivity index (χ0v) is 17.9. The van der Waals surface area contributed by atoms with Gasteiger partial charge in [-0.05, 0) is 77.1 Å². The van der Waals surface area contributed by atoms with Crippen LogP contribution in [0.5, 0.6) is 0 Å². The lowest BCUT2D eigenvalue weighted by molar-refractivity contribution is 0.176. The van der Waals surface area contributed by atoms with Gasteiger partial charge < -0.3 is 0 Å². The smallest absolute Gasteiger partial charge is 0.229 e. The minimum atomic E-state index is -3.22. The van der Waals surface area contributed by atoms with Crippen LogP contribution in [0.1, 0.15) is 39.7 Å². The number of benzene rings is 1. The lowest BCUT2D eigenvalue weighted by Gasteiger charge is -2.30. The normalized spacial score (nSPS) is 11.9. The molecule has 0 radical (unpaired) electrons. The first-order valence-corrected chi connectivity index (χ1v) is 10.9. The van der Waals surface area contributed by atoms with Crippen LogP contribution in [-0.2, 0) is 10.0 Å². The van der Waals surface area contributed by atoms with Gasteiger partial charge in [-0.3, -0.25) is 9.62 Å². The fourth-order valence-corrected chi connectivity index (χ4v) is 4.15. The third-order valence-corrected chi connectivity index (χ3v) is 5.32. The fourth-order valence-electron chi connectivity index (χ4n) is 2.59. The monoisotopic (exact) mass is 394 g/mol. The van der Waals surface area contributed by atoms with Crippen molar-refractivity contribution < 1.29 is 8.42 Å². The molecule has 0 saturated carbocycles. The van der Waals surface area contributed by atoms with E-state index >= 15 is 0 Å². The Kier molecular flexibility index (Phi) is 10.3. The maximum absolute atomic E-state index is 11.3. The van der Waals surface area contributed by atoms with Crippen LogP contribution in [0.25, 0.3) is 0 Å². The van der Waals surface area contributed by atoms with Gasteiger partial charge in [-0.1, -0.05) is 0 Å². The number of hydrogen-bond donors (Lipinski definition) is 1. The van der Waals surface area contributed by atoms with Crippen molar-refractivity contribution in [2.45, 2.75) is 58.0 Å². The molecule has 4 nitrogen and oxygen atoms in total. The summed E-state index contributed by atoms with van der Waals surface area (Å²) in [5, 5.41) is 0. The summed E-state index contributed by atoms with van der Waals surface area (Å²) < 4.78 is 25.1. The number of aryl methyl sites for hydroxylation is 1. The molecule has 0 aliphatic carbocycles. The number of hydrogen-bond acceptors (Lipinski definition) is 4. The maximum atomic E-state index is 11.3. The molecule has 0 atom stereocenters. The molecule has 140 valence electrons. The topological polar surface area (TPSA) is 49.4 Å². The summed E-state index contributed by atoms with van der Waals surface area (Å²) in [6.45, 7) is 12.0. The van der Waals surface area contributed by atoms with E-state index in [2.05, 4.69) is 37.3 Å². The van der Waals surface area contributed by atoms with E-state index in [9.17, 15) is 8.42 Å². The van der Waals surface area contributed by atoms with Crippen molar-refractivity contribution in [3.05, 3.63) is 23.8 Å². The fraction of sp³-hybridized carbons (Fsp3) is 0.647. The molecule has 7 heteroatoms. The molecule has 0 aromatic heterocycles. The average Bonchev–Trinajstić information content (AvgIpc) is 2.39. The van der Waals surface area contributed by atoms with Crippen molar-refractivity contribution in [2.24, 2.45) is 0 Å². The maximum Gasteiger partial charge on any atom is 0.229 e. The van der Waals surface area contributed by atoms with E-state index in [0.717, 1.165) is 24.3 Å². The Labute approximate surface area is 158 Å². The molecule has 0 bridgehead atoms. The number of halogens is 1. The Bertz CT molecular complexity index is 597. The number of thioether (sulfide) groups is 1. The average molecular weight is 395 g/mol. The lowest BCUT2D eigenvalue weighted by atomic mass is 10.2. The van der Waals surface area contributed by atoms with Crippen molar-refractivity contribution in [1.82, 2.24) is 4.90 Å². The number of rotatable bonds is 9. The highest BCUT2D eigenvalue weighted by molar-refractivity contribution is 7.99. The van der Waals surface area contributed by atoms with Crippen molar-refractivity contribution in [3.63, 3.8) is 0 Å². The molecule has 0 aliphatic rings. The number of nitrogens with one attached hydrogen (secondary N) is 1. The van der Waals surface area contributed by atoms with Crippen LogP contribution in [0.15, 0.2) is 23.1 Å². The van der Waals surface area contributed by atoms with Gasteiger partial charge in [0.1, 0.15) is 0 Å². The van der Waals surface area contributed by atoms with Crippen LogP contribution in [0.2, 0.25) is 0 Å². The Hall–Kier alpha value is -0.430. The van der Waals surface area contributed by atoms with E-state index in [0.29, 0.717) is 17.8 Å². The molecule has 0 saturated heterocycles. The zero-order chi connectivity index (χ0) is 17.6. The molecule has 1 aromatic carbocycles. The van der Waals surface area contributed by atoms with Gasteiger partial charge in [0.25, 0.3) is 0 Å². The van der Waals surface area contributed by atoms with Gasteiger partial charge in [-0.2, -0.15) is 0 Å². The van der Waals surface area contributed by atoms with Gasteiger partial charge >= 0.3 is 0 Å². The molecule has 0 aliphatic heterocycles. The molecule has 0 spiro atoms. The number of sulfonamides is 1. The Morgan fingerprint density at radius 1 is 1.17 bits per heavy atom. The van der Waals surface area contributed by atoms with Crippen LogP contribution in [-0.4, -0.2) is 44.0 Å². The van der Waals surface area contributed by atoms with Crippen LogP contribution in [0, 0.1) is 6.92 Å². The Morgan fingerprint density at radius 2 is 1.75 bits per heavy atom. The molecule has 1 aromatic rings. The van der Waals surface area contributed by atoms with Gasteiger partial charge in [-0.15, -0.1) is 24.2 Å². The second-order valence-electron chi connectivity index (χ2n) is 6.48. The van der Waals surface area contributed by atoms with Crippen LogP contribution in [0.4, 0.5) is 5.69 Å². The first kappa shape index (κ1) is 23.6. The van der Waals surface area contributed by atoms with Crippen LogP contribution >= 0.6 is 24.2 Å². The van der Waals surface area contributed by atoms with Crippen molar-refractivity contribution >= 4 is 39.9 Å². The van der Waals surface area contributed by atoms with E-state index < -0.39 is 10.0 Å². The first-order valence-electron chi connectivity index (χ1n) is 8.07. The predicted octanol–water partition coefficient (Wildman–Crippen LogP) is 4.39. The summed E-state index contributed by atoms with van der Waals surface area (Å²) in [5.74, 6) is 1.06. The molecule has 24 heavy (non-hydrogen) atoms. The Balaban J connectivity index is 0.00000529. The molecule has 0 fully saturated rings. The predicted molar refractivity (Wildman–Crippen MR) is 109 cm³/mol. The van der Waals surface area contributed by atoms with Crippen molar-refractivity contribution in [1.29, 1.82) is 0 Å². The minimum Gasteiger partial charge on any atom is -0.299 e. The third-order valence-electron chi connectivity index (χ3n) is 3.65. The largest absolute Gasteiger partial charge is 0.299 e. The summed E-state index contributed by atoms with van der Waals surface area (Å²) in [6, 6.07) is 7.01. The molecular weight excluding hydrogens is 364 g/mol. The molecular formula is C17H31ClN2O2S2. The minimum absolute atomic E-state index is 0. The van der Waals surface area contributed by atoms with Crippen molar-refractivity contribution in [2.75, 3.05) is 23.3 Å². The molecule has 1 rings (SSSR count). The standard InChI is InChI=1S/C17H30N2O2S2.ClH/c1-13(2)19(14(3)4)10-7-11-22-16-8-9-17(15(5)12-16)18-23(6,20)21;/h8-9,12-14,18H,7,10-11H2,1-6H3;1H. The summed E-state index contributed by atoms with van der Waals surface area (Å²) in [4.78, 5) is 3.69. The second-order valence-corrected chi connectivity index (χ2v) is 9.40. The lowest BCUT2D eigenvalue weighted by Crippen LogP contribution is -2.37. The number of nitrogens with zero attached hydrogens (tertiary/aromatic N) is 1. The second kappa shape index (κ2) is 10.5. The molecule has 1 N–H and O–H groups in total. The quantitative estimate of drug-likeness (QED) is 0.498. The zero-order valence-electron chi connectivity index (χ0n) is 15.5. The van der Waals surface area contributed by atoms with E-state index in [-0.39, 0.29) is 12.4 Å². The van der Waals surface area contributed by atoms with Gasteiger partial charge in [0.05, 0.1) is 11.9 Å². The van der Waals surface area contributed by atoms with Gasteiger partial charge in [0.2, 0.25) is 10.0 Å². The highest BCUT2D eigenvalue weighted by atomic mass is 35.5. The third kappa shape index (κ3) is 8.60. The first-order chi connectivity index (χ1) is 10.6. The molecule has 0 amide bonds. The highest BCUT2D eigenvalue weighted by Gasteiger charge is 2.12. The van der Waals surface area contributed by atoms with E-state index in [4.69, 9.17) is 0 Å². The molecule has 0 heterocycles. The summed E-state index contributed by atoms with van der Waals surface area (Å²) in [7, 11) is -3.22. The summed E-state index contributed by atoms with van der Waals surface area (Å²) in [5.41, 5.74) is 1.61. The summed E-state index contributed by atoms with van der Waals surface area (Å²) in [6.07, 6.45) is 2.31. The molecule has 0 unspecified atom stereocenters. The van der Waals surface area contributed by atoms with Gasteiger partial charge in [0, 0.05) is 17.0 Å². The van der Waals surface area contributed by atoms with Gasteiger partial charge in [-0.25, -0.2) is 8.42 Å². The van der Waals surface area contributed by atoms with Crippen molar-refractivity contribution in [3.8, 4) is 0 Å². The highest BCUT2D eigenvalue weighted by Crippen LogP contribution is 2.25. The Morgan fingerprint density at radius 3 is 2.21 bits per heavy atom. The van der Waals surface area contributed by atoms with E-state index in [1.807, 2.05) is 36.9 Å². The SMILES string of the molecule is Cc1cc(SCCCN(C(C)C)C(C)C)ccc1NS(C)(=O)=O.Cl. The van der Waals surface area contributed by atoms with E-state index in [1.54, 1.807) is 0 Å². The van der Waals surface area contributed by atoms with Crippen LogP contribution < -0.4 is 4.72 Å².